The van der Waals surface area contributed by atoms with Crippen LogP contribution >= 0.6 is 11.6 Å². The number of amides is 1. The number of halogens is 2. The Morgan fingerprint density at radius 1 is 1.13 bits per heavy atom. The lowest BCUT2D eigenvalue weighted by Gasteiger charge is -2.41. The van der Waals surface area contributed by atoms with E-state index in [0.717, 1.165) is 46.7 Å². The molecule has 46 heavy (non-hydrogen) atoms. The number of furan rings is 1. The fraction of sp³-hybridized carbons (Fsp3) is 0.314. The SMILES string of the molecule is C=C(F)C(=O)N1CCN(c2nc(OC[C@@H]3CCCN3C)nc3cc(-c4cccc5cccc(Cl)c45)c4ccoc4c23)C[C@@H]1CC#N. The first kappa shape index (κ1) is 30.0. The zero-order chi connectivity index (χ0) is 31.9. The van der Waals surface area contributed by atoms with Crippen LogP contribution in [0.4, 0.5) is 10.2 Å². The van der Waals surface area contributed by atoms with Gasteiger partial charge in [0.15, 0.2) is 5.83 Å². The number of carbonyl (C=O) groups excluding carboxylic acids is 1. The van der Waals surface area contributed by atoms with Crippen LogP contribution in [-0.4, -0.2) is 77.6 Å². The highest BCUT2D eigenvalue weighted by molar-refractivity contribution is 6.37. The van der Waals surface area contributed by atoms with Crippen molar-refractivity contribution < 1.29 is 18.3 Å². The van der Waals surface area contributed by atoms with Gasteiger partial charge < -0.3 is 23.9 Å². The van der Waals surface area contributed by atoms with Crippen LogP contribution in [0.3, 0.4) is 0 Å². The Hall–Kier alpha value is -4.72. The number of carbonyl (C=O) groups is 1. The first-order valence-corrected chi connectivity index (χ1v) is 15.7. The highest BCUT2D eigenvalue weighted by Crippen LogP contribution is 2.43. The summed E-state index contributed by atoms with van der Waals surface area (Å²) in [5.74, 6) is -1.28. The quantitative estimate of drug-likeness (QED) is 0.181. The molecule has 0 spiro atoms. The normalized spacial score (nSPS) is 18.8. The minimum Gasteiger partial charge on any atom is -0.463 e. The Kier molecular flexibility index (Phi) is 7.97. The van der Waals surface area contributed by atoms with Crippen molar-refractivity contribution in [2.75, 3.05) is 44.7 Å². The molecule has 5 aromatic rings. The number of likely N-dealkylation sites (N-methyl/N-ethyl adjacent to an activating group) is 1. The summed E-state index contributed by atoms with van der Waals surface area (Å²) in [6.45, 7) is 5.43. The third kappa shape index (κ3) is 5.29. The maximum absolute atomic E-state index is 13.9. The number of piperazine rings is 1. The van der Waals surface area contributed by atoms with E-state index in [0.29, 0.717) is 40.5 Å². The van der Waals surface area contributed by atoms with Crippen LogP contribution in [0.5, 0.6) is 6.01 Å². The van der Waals surface area contributed by atoms with Crippen LogP contribution in [0.15, 0.2) is 71.6 Å². The first-order valence-electron chi connectivity index (χ1n) is 15.3. The second-order valence-corrected chi connectivity index (χ2v) is 12.3. The predicted molar refractivity (Wildman–Crippen MR) is 177 cm³/mol. The van der Waals surface area contributed by atoms with Crippen molar-refractivity contribution >= 4 is 56.0 Å². The Balaban J connectivity index is 1.39. The monoisotopic (exact) mass is 638 g/mol. The topological polar surface area (TPSA) is 98.7 Å². The molecule has 9 nitrogen and oxygen atoms in total. The fourth-order valence-electron chi connectivity index (χ4n) is 6.84. The molecule has 0 saturated carbocycles. The molecule has 7 rings (SSSR count). The molecule has 0 aliphatic carbocycles. The number of rotatable bonds is 7. The van der Waals surface area contributed by atoms with Crippen molar-refractivity contribution in [2.24, 2.45) is 0 Å². The van der Waals surface area contributed by atoms with Gasteiger partial charge in [-0.1, -0.05) is 48.5 Å². The lowest BCUT2D eigenvalue weighted by Crippen LogP contribution is -2.55. The van der Waals surface area contributed by atoms with E-state index in [1.54, 1.807) is 6.26 Å². The number of nitriles is 1. The molecule has 2 saturated heterocycles. The number of hydrogen-bond donors (Lipinski definition) is 0. The number of aromatic nitrogens is 2. The van der Waals surface area contributed by atoms with Gasteiger partial charge in [0.1, 0.15) is 18.0 Å². The number of likely N-dealkylation sites (tertiary alicyclic amines) is 1. The van der Waals surface area contributed by atoms with E-state index in [1.807, 2.05) is 53.4 Å². The summed E-state index contributed by atoms with van der Waals surface area (Å²) in [5.41, 5.74) is 3.06. The molecule has 0 bridgehead atoms. The highest BCUT2D eigenvalue weighted by Gasteiger charge is 2.34. The van der Waals surface area contributed by atoms with Gasteiger partial charge in [-0.05, 0) is 61.1 Å². The molecule has 2 fully saturated rings. The molecule has 0 N–H and O–H groups in total. The molecular formula is C35H32ClFN6O3. The predicted octanol–water partition coefficient (Wildman–Crippen LogP) is 6.74. The average molecular weight is 639 g/mol. The molecule has 4 heterocycles. The molecule has 3 aromatic carbocycles. The van der Waals surface area contributed by atoms with E-state index >= 15 is 0 Å². The second-order valence-electron chi connectivity index (χ2n) is 11.9. The highest BCUT2D eigenvalue weighted by atomic mass is 35.5. The van der Waals surface area contributed by atoms with Crippen LogP contribution in [0.2, 0.25) is 5.02 Å². The average Bonchev–Trinajstić information content (AvgIpc) is 3.72. The lowest BCUT2D eigenvalue weighted by atomic mass is 9.94. The van der Waals surface area contributed by atoms with Gasteiger partial charge in [-0.2, -0.15) is 15.2 Å². The molecule has 234 valence electrons. The number of hydrogen-bond acceptors (Lipinski definition) is 8. The van der Waals surface area contributed by atoms with Crippen molar-refractivity contribution in [1.82, 2.24) is 19.8 Å². The van der Waals surface area contributed by atoms with Gasteiger partial charge >= 0.3 is 6.01 Å². The van der Waals surface area contributed by atoms with Crippen LogP contribution in [-0.2, 0) is 4.79 Å². The molecule has 2 aliphatic rings. The van der Waals surface area contributed by atoms with Crippen molar-refractivity contribution in [3.8, 4) is 23.2 Å². The molecule has 0 radical (unpaired) electrons. The minimum absolute atomic E-state index is 0.0259. The number of benzene rings is 3. The third-order valence-electron chi connectivity index (χ3n) is 9.18. The minimum atomic E-state index is -1.05. The maximum Gasteiger partial charge on any atom is 0.319 e. The van der Waals surface area contributed by atoms with E-state index < -0.39 is 17.8 Å². The molecule has 2 atom stereocenters. The first-order chi connectivity index (χ1) is 22.3. The van der Waals surface area contributed by atoms with Gasteiger partial charge in [-0.3, -0.25) is 4.79 Å². The van der Waals surface area contributed by atoms with E-state index in [9.17, 15) is 14.4 Å². The van der Waals surface area contributed by atoms with Crippen molar-refractivity contribution in [3.63, 3.8) is 0 Å². The van der Waals surface area contributed by atoms with Gasteiger partial charge in [0.05, 0.1) is 35.7 Å². The Labute approximate surface area is 270 Å². The van der Waals surface area contributed by atoms with E-state index in [1.165, 1.54) is 4.90 Å². The molecule has 2 aliphatic heterocycles. The van der Waals surface area contributed by atoms with E-state index in [-0.39, 0.29) is 31.6 Å². The fourth-order valence-corrected chi connectivity index (χ4v) is 7.13. The van der Waals surface area contributed by atoms with E-state index in [2.05, 4.69) is 24.6 Å². The molecular weight excluding hydrogens is 607 g/mol. The molecule has 0 unspecified atom stereocenters. The maximum atomic E-state index is 13.9. The van der Waals surface area contributed by atoms with Gasteiger partial charge in [-0.25, -0.2) is 4.39 Å². The summed E-state index contributed by atoms with van der Waals surface area (Å²) >= 11 is 6.76. The summed E-state index contributed by atoms with van der Waals surface area (Å²) in [6, 6.07) is 17.9. The summed E-state index contributed by atoms with van der Waals surface area (Å²) in [7, 11) is 2.09. The Bertz CT molecular complexity index is 2040. The zero-order valence-corrected chi connectivity index (χ0v) is 26.1. The van der Waals surface area contributed by atoms with Crippen LogP contribution in [0.1, 0.15) is 19.3 Å². The molecule has 1 amide bonds. The molecule has 2 aromatic heterocycles. The van der Waals surface area contributed by atoms with Crippen LogP contribution in [0.25, 0.3) is 43.8 Å². The van der Waals surface area contributed by atoms with E-state index in [4.69, 9.17) is 30.7 Å². The van der Waals surface area contributed by atoms with Gasteiger partial charge in [0.2, 0.25) is 0 Å². The van der Waals surface area contributed by atoms with Crippen molar-refractivity contribution in [1.29, 1.82) is 5.26 Å². The summed E-state index contributed by atoms with van der Waals surface area (Å²) in [5, 5.41) is 13.7. The summed E-state index contributed by atoms with van der Waals surface area (Å²) < 4.78 is 26.3. The third-order valence-corrected chi connectivity index (χ3v) is 9.50. The van der Waals surface area contributed by atoms with Crippen LogP contribution < -0.4 is 9.64 Å². The van der Waals surface area contributed by atoms with Gasteiger partial charge in [-0.15, -0.1) is 0 Å². The van der Waals surface area contributed by atoms with Gasteiger partial charge in [0, 0.05) is 41.5 Å². The Morgan fingerprint density at radius 3 is 2.72 bits per heavy atom. The number of anilines is 1. The van der Waals surface area contributed by atoms with Crippen molar-refractivity contribution in [2.45, 2.75) is 31.3 Å². The number of ether oxygens (including phenoxy) is 1. The standard InChI is InChI=1S/C35H32ClFN6O3/c1-21(37)34(44)43-16-15-42(19-23(43)11-13-38)33-31-29(39-35(40-33)46-20-24-8-5-14-41(24)2)18-27(26-12-17-45-32(26)31)25-9-3-6-22-7-4-10-28(36)30(22)25/h3-4,6-7,9-10,12,17-18,23-24H,1,5,8,11,14-16,19-20H2,2H3/t23-,24-/m0/s1. The largest absolute Gasteiger partial charge is 0.463 e. The zero-order valence-electron chi connectivity index (χ0n) is 25.4. The summed E-state index contributed by atoms with van der Waals surface area (Å²) in [4.78, 5) is 28.1. The molecule has 11 heteroatoms. The second kappa shape index (κ2) is 12.2. The van der Waals surface area contributed by atoms with Gasteiger partial charge in [0.25, 0.3) is 5.91 Å². The lowest BCUT2D eigenvalue weighted by molar-refractivity contribution is -0.131. The number of nitrogens with zero attached hydrogens (tertiary/aromatic N) is 6. The Morgan fingerprint density at radius 2 is 1.96 bits per heavy atom. The van der Waals surface area contributed by atoms with Crippen molar-refractivity contribution in [3.05, 3.63) is 72.2 Å². The smallest absolute Gasteiger partial charge is 0.319 e. The van der Waals surface area contributed by atoms with Crippen LogP contribution in [0, 0.1) is 11.3 Å². The summed E-state index contributed by atoms with van der Waals surface area (Å²) in [6.07, 6.45) is 3.81. The number of fused-ring (bicyclic) bond motifs is 4.